The number of hydrogen-bond acceptors (Lipinski definition) is 3. The largest absolute Gasteiger partial charge is 0.352 e. The molecule has 0 radical (unpaired) electrons. The summed E-state index contributed by atoms with van der Waals surface area (Å²) < 4.78 is 1.10. The molecule has 0 saturated carbocycles. The second-order valence-electron chi connectivity index (χ2n) is 8.53. The van der Waals surface area contributed by atoms with E-state index in [0.29, 0.717) is 25.1 Å². The zero-order valence-corrected chi connectivity index (χ0v) is 20.9. The van der Waals surface area contributed by atoms with Crippen molar-refractivity contribution in [1.29, 1.82) is 0 Å². The number of rotatable bonds is 4. The van der Waals surface area contributed by atoms with E-state index in [1.54, 1.807) is 0 Å². The molecule has 1 aliphatic heterocycles. The Morgan fingerprint density at radius 3 is 2.69 bits per heavy atom. The molecular formula is C25H27IN4O2. The molecule has 0 aliphatic carbocycles. The summed E-state index contributed by atoms with van der Waals surface area (Å²) in [5.41, 5.74) is 6.49. The third-order valence-corrected chi connectivity index (χ3v) is 6.47. The maximum atomic E-state index is 13.6. The Morgan fingerprint density at radius 1 is 1.19 bits per heavy atom. The fraction of sp³-hybridized carbons (Fsp3) is 0.320. The van der Waals surface area contributed by atoms with Gasteiger partial charge < -0.3 is 15.2 Å². The Hall–Kier alpha value is -2.68. The molecule has 7 heteroatoms. The summed E-state index contributed by atoms with van der Waals surface area (Å²) in [6.45, 7) is 8.71. The van der Waals surface area contributed by atoms with Crippen LogP contribution in [0.5, 0.6) is 0 Å². The standard InChI is InChI=1S/C25H27IN4O2/c1-14(2)24(31)27-13-18-6-5-17(11-15(18)3)25(32)30-10-9-21-23(29-16(4)28-21)20-12-19(26)7-8-22(20)30/h5-8,11-12,14H,9-10,13H2,1-4H3,(H,27,31)(H,28,29). The zero-order valence-electron chi connectivity index (χ0n) is 18.8. The third kappa shape index (κ3) is 4.44. The Bertz CT molecular complexity index is 1200. The number of anilines is 1. The van der Waals surface area contributed by atoms with Crippen molar-refractivity contribution < 1.29 is 9.59 Å². The maximum Gasteiger partial charge on any atom is 0.258 e. The van der Waals surface area contributed by atoms with Gasteiger partial charge in [-0.05, 0) is 77.9 Å². The van der Waals surface area contributed by atoms with E-state index in [2.05, 4.69) is 39.0 Å². The lowest BCUT2D eigenvalue weighted by atomic mass is 10.0. The van der Waals surface area contributed by atoms with Crippen LogP contribution in [0.4, 0.5) is 5.69 Å². The summed E-state index contributed by atoms with van der Waals surface area (Å²) in [5.74, 6) is 0.818. The maximum absolute atomic E-state index is 13.6. The fourth-order valence-electron chi connectivity index (χ4n) is 4.00. The Balaban J connectivity index is 1.63. The monoisotopic (exact) mass is 542 g/mol. The number of amides is 2. The number of benzene rings is 2. The first-order valence-corrected chi connectivity index (χ1v) is 11.9. The quantitative estimate of drug-likeness (QED) is 0.467. The highest BCUT2D eigenvalue weighted by atomic mass is 127. The van der Waals surface area contributed by atoms with Crippen molar-refractivity contribution in [1.82, 2.24) is 15.3 Å². The van der Waals surface area contributed by atoms with Crippen molar-refractivity contribution in [2.24, 2.45) is 5.92 Å². The summed E-state index contributed by atoms with van der Waals surface area (Å²) in [4.78, 5) is 35.4. The van der Waals surface area contributed by atoms with Gasteiger partial charge in [0.25, 0.3) is 5.91 Å². The lowest BCUT2D eigenvalue weighted by molar-refractivity contribution is -0.124. The van der Waals surface area contributed by atoms with Crippen LogP contribution < -0.4 is 10.2 Å². The van der Waals surface area contributed by atoms with Gasteiger partial charge in [-0.1, -0.05) is 19.9 Å². The summed E-state index contributed by atoms with van der Waals surface area (Å²) in [7, 11) is 0. The lowest BCUT2D eigenvalue weighted by Gasteiger charge is -2.23. The van der Waals surface area contributed by atoms with Gasteiger partial charge in [-0.25, -0.2) is 4.98 Å². The van der Waals surface area contributed by atoms with E-state index in [1.807, 2.05) is 62.9 Å². The van der Waals surface area contributed by atoms with Gasteiger partial charge in [0.15, 0.2) is 0 Å². The van der Waals surface area contributed by atoms with Crippen molar-refractivity contribution in [2.45, 2.75) is 40.7 Å². The number of nitrogens with zero attached hydrogens (tertiary/aromatic N) is 2. The first-order chi connectivity index (χ1) is 15.2. The van der Waals surface area contributed by atoms with Crippen LogP contribution in [0.25, 0.3) is 11.3 Å². The van der Waals surface area contributed by atoms with Gasteiger partial charge >= 0.3 is 0 Å². The number of nitrogens with one attached hydrogen (secondary N) is 2. The van der Waals surface area contributed by atoms with Crippen LogP contribution in [0.3, 0.4) is 0 Å². The molecule has 0 atom stereocenters. The topological polar surface area (TPSA) is 78.1 Å². The highest BCUT2D eigenvalue weighted by Gasteiger charge is 2.27. The zero-order chi connectivity index (χ0) is 23.0. The van der Waals surface area contributed by atoms with Crippen LogP contribution in [0.15, 0.2) is 36.4 Å². The molecule has 0 saturated heterocycles. The predicted molar refractivity (Wildman–Crippen MR) is 135 cm³/mol. The van der Waals surface area contributed by atoms with E-state index in [9.17, 15) is 9.59 Å². The van der Waals surface area contributed by atoms with Crippen LogP contribution in [0.2, 0.25) is 0 Å². The molecule has 4 rings (SSSR count). The average Bonchev–Trinajstić information content (AvgIpc) is 3.06. The number of imidazole rings is 1. The van der Waals surface area contributed by atoms with Crippen molar-refractivity contribution in [2.75, 3.05) is 11.4 Å². The first kappa shape index (κ1) is 22.5. The molecular weight excluding hydrogens is 515 g/mol. The van der Waals surface area contributed by atoms with Crippen molar-refractivity contribution in [3.63, 3.8) is 0 Å². The number of hydrogen-bond donors (Lipinski definition) is 2. The summed E-state index contributed by atoms with van der Waals surface area (Å²) >= 11 is 2.29. The SMILES string of the molecule is Cc1nc2c([nH]1)CCN(C(=O)c1ccc(CNC(=O)C(C)C)c(C)c1)c1ccc(I)cc1-2. The second kappa shape index (κ2) is 9.05. The Morgan fingerprint density at radius 2 is 1.97 bits per heavy atom. The van der Waals surface area contributed by atoms with E-state index >= 15 is 0 Å². The summed E-state index contributed by atoms with van der Waals surface area (Å²) in [6.07, 6.45) is 0.714. The molecule has 0 spiro atoms. The molecule has 2 heterocycles. The molecule has 2 amide bonds. The number of carbonyl (C=O) groups is 2. The van der Waals surface area contributed by atoms with Gasteiger partial charge in [-0.15, -0.1) is 0 Å². The van der Waals surface area contributed by atoms with Gasteiger partial charge in [-0.2, -0.15) is 0 Å². The molecule has 0 bridgehead atoms. The fourth-order valence-corrected chi connectivity index (χ4v) is 4.49. The predicted octanol–water partition coefficient (Wildman–Crippen LogP) is 4.77. The second-order valence-corrected chi connectivity index (χ2v) is 9.78. The number of fused-ring (bicyclic) bond motifs is 3. The van der Waals surface area contributed by atoms with Crippen LogP contribution >= 0.6 is 22.6 Å². The van der Waals surface area contributed by atoms with E-state index in [0.717, 1.165) is 43.2 Å². The lowest BCUT2D eigenvalue weighted by Crippen LogP contribution is -2.32. The van der Waals surface area contributed by atoms with Crippen molar-refractivity contribution in [3.8, 4) is 11.3 Å². The van der Waals surface area contributed by atoms with E-state index in [4.69, 9.17) is 4.98 Å². The van der Waals surface area contributed by atoms with Crippen molar-refractivity contribution >= 4 is 40.1 Å². The summed E-state index contributed by atoms with van der Waals surface area (Å²) in [6, 6.07) is 11.8. The minimum absolute atomic E-state index is 0.0208. The number of halogens is 1. The number of aromatic nitrogens is 2. The van der Waals surface area contributed by atoms with Gasteiger partial charge in [0.1, 0.15) is 5.82 Å². The molecule has 2 N–H and O–H groups in total. The number of carbonyl (C=O) groups excluding carboxylic acids is 2. The molecule has 6 nitrogen and oxygen atoms in total. The molecule has 0 unspecified atom stereocenters. The van der Waals surface area contributed by atoms with Crippen LogP contribution in [-0.2, 0) is 17.8 Å². The van der Waals surface area contributed by atoms with Crippen molar-refractivity contribution in [3.05, 3.63) is 68.2 Å². The smallest absolute Gasteiger partial charge is 0.258 e. The molecule has 0 fully saturated rings. The Labute approximate surface area is 202 Å². The molecule has 166 valence electrons. The summed E-state index contributed by atoms with van der Waals surface area (Å²) in [5, 5.41) is 2.94. The van der Waals surface area contributed by atoms with Crippen LogP contribution in [0, 0.1) is 23.3 Å². The van der Waals surface area contributed by atoms with E-state index in [-0.39, 0.29) is 17.7 Å². The minimum atomic E-state index is -0.0554. The average molecular weight is 542 g/mol. The van der Waals surface area contributed by atoms with Gasteiger partial charge in [0.2, 0.25) is 5.91 Å². The van der Waals surface area contributed by atoms with E-state index in [1.165, 1.54) is 0 Å². The third-order valence-electron chi connectivity index (χ3n) is 5.80. The van der Waals surface area contributed by atoms with E-state index < -0.39 is 0 Å². The van der Waals surface area contributed by atoms with Crippen LogP contribution in [-0.4, -0.2) is 28.3 Å². The molecule has 3 aromatic rings. The van der Waals surface area contributed by atoms with Gasteiger partial charge in [0, 0.05) is 45.8 Å². The minimum Gasteiger partial charge on any atom is -0.352 e. The normalized spacial score (nSPS) is 12.9. The van der Waals surface area contributed by atoms with Gasteiger partial charge in [-0.3, -0.25) is 9.59 Å². The number of H-pyrrole nitrogens is 1. The highest BCUT2D eigenvalue weighted by molar-refractivity contribution is 14.1. The molecule has 1 aromatic heterocycles. The number of aryl methyl sites for hydroxylation is 2. The first-order valence-electron chi connectivity index (χ1n) is 10.8. The van der Waals surface area contributed by atoms with Gasteiger partial charge in [0.05, 0.1) is 11.4 Å². The van der Waals surface area contributed by atoms with Crippen LogP contribution in [0.1, 0.15) is 46.9 Å². The molecule has 2 aromatic carbocycles. The number of aromatic amines is 1. The molecule has 1 aliphatic rings. The molecule has 32 heavy (non-hydrogen) atoms. The Kier molecular flexibility index (Phi) is 6.37. The highest BCUT2D eigenvalue weighted by Crippen LogP contribution is 2.37.